The summed E-state index contributed by atoms with van der Waals surface area (Å²) in [4.78, 5) is 4.44. The first-order valence-electron chi connectivity index (χ1n) is 6.93. The topological polar surface area (TPSA) is 43.3 Å². The first-order chi connectivity index (χ1) is 9.69. The summed E-state index contributed by atoms with van der Waals surface area (Å²) in [6.45, 7) is 4.90. The van der Waals surface area contributed by atoms with Gasteiger partial charge in [0.05, 0.1) is 11.7 Å². The molecule has 0 fully saturated rings. The molecule has 0 atom stereocenters. The van der Waals surface area contributed by atoms with Crippen molar-refractivity contribution in [2.75, 3.05) is 6.54 Å². The molecule has 102 valence electrons. The van der Waals surface area contributed by atoms with Crippen molar-refractivity contribution in [3.8, 4) is 11.1 Å². The molecule has 0 radical (unpaired) electrons. The number of hydrogen-bond acceptors (Lipinski definition) is 2. The monoisotopic (exact) mass is 265 g/mol. The van der Waals surface area contributed by atoms with Gasteiger partial charge in [0.15, 0.2) is 0 Å². The Morgan fingerprint density at radius 1 is 1.15 bits per heavy atom. The van der Waals surface area contributed by atoms with Crippen LogP contribution in [0.15, 0.2) is 42.7 Å². The fraction of sp³-hybridized carbons (Fsp3) is 0.235. The molecule has 0 saturated carbocycles. The summed E-state index contributed by atoms with van der Waals surface area (Å²) in [5, 5.41) is 0. The van der Waals surface area contributed by atoms with Gasteiger partial charge in [0.25, 0.3) is 0 Å². The molecule has 0 aliphatic carbocycles. The van der Waals surface area contributed by atoms with Gasteiger partial charge in [-0.25, -0.2) is 4.98 Å². The second-order valence-corrected chi connectivity index (χ2v) is 5.24. The Kier molecular flexibility index (Phi) is 3.28. The Hall–Kier alpha value is -2.13. The molecule has 0 amide bonds. The van der Waals surface area contributed by atoms with E-state index in [4.69, 9.17) is 5.73 Å². The first-order valence-corrected chi connectivity index (χ1v) is 6.93. The van der Waals surface area contributed by atoms with Gasteiger partial charge in [-0.2, -0.15) is 0 Å². The van der Waals surface area contributed by atoms with Crippen LogP contribution >= 0.6 is 0 Å². The van der Waals surface area contributed by atoms with Gasteiger partial charge in [0, 0.05) is 12.6 Å². The third kappa shape index (κ3) is 2.21. The van der Waals surface area contributed by atoms with E-state index in [0.717, 1.165) is 17.8 Å². The standard InChI is InChI=1S/C17H19N3/c1-12-3-4-13(2)16(9-12)14-6-8-20-15(10-14)11-19-17(20)5-7-18/h3-4,6,8-11H,5,7,18H2,1-2H3. The lowest BCUT2D eigenvalue weighted by Gasteiger charge is -2.08. The van der Waals surface area contributed by atoms with E-state index in [-0.39, 0.29) is 0 Å². The van der Waals surface area contributed by atoms with Gasteiger partial charge in [-0.3, -0.25) is 0 Å². The van der Waals surface area contributed by atoms with Gasteiger partial charge in [-0.1, -0.05) is 23.8 Å². The molecule has 0 saturated heterocycles. The molecule has 0 aliphatic rings. The molecule has 3 nitrogen and oxygen atoms in total. The predicted molar refractivity (Wildman–Crippen MR) is 82.9 cm³/mol. The van der Waals surface area contributed by atoms with Gasteiger partial charge in [0.2, 0.25) is 0 Å². The molecule has 1 aromatic carbocycles. The number of aryl methyl sites for hydroxylation is 2. The highest BCUT2D eigenvalue weighted by molar-refractivity contribution is 5.72. The molecular formula is C17H19N3. The number of aromatic nitrogens is 2. The maximum atomic E-state index is 5.61. The minimum atomic E-state index is 0.623. The second-order valence-electron chi connectivity index (χ2n) is 5.24. The van der Waals surface area contributed by atoms with Crippen LogP contribution in [-0.2, 0) is 6.42 Å². The SMILES string of the molecule is Cc1ccc(C)c(-c2ccn3c(CCN)ncc3c2)c1. The Bertz CT molecular complexity index is 756. The molecule has 2 N–H and O–H groups in total. The lowest BCUT2D eigenvalue weighted by atomic mass is 9.99. The van der Waals surface area contributed by atoms with E-state index in [2.05, 4.69) is 59.8 Å². The summed E-state index contributed by atoms with van der Waals surface area (Å²) in [5.41, 5.74) is 11.8. The van der Waals surface area contributed by atoms with E-state index in [0.29, 0.717) is 6.54 Å². The predicted octanol–water partition coefficient (Wildman–Crippen LogP) is 3.12. The average Bonchev–Trinajstić information content (AvgIpc) is 2.84. The van der Waals surface area contributed by atoms with Crippen molar-refractivity contribution in [2.24, 2.45) is 5.73 Å². The van der Waals surface area contributed by atoms with Crippen molar-refractivity contribution in [1.29, 1.82) is 0 Å². The Morgan fingerprint density at radius 3 is 2.80 bits per heavy atom. The van der Waals surface area contributed by atoms with Gasteiger partial charge in [-0.15, -0.1) is 0 Å². The molecule has 0 unspecified atom stereocenters. The van der Waals surface area contributed by atoms with Crippen LogP contribution in [0.5, 0.6) is 0 Å². The largest absolute Gasteiger partial charge is 0.330 e. The lowest BCUT2D eigenvalue weighted by molar-refractivity contribution is 0.863. The van der Waals surface area contributed by atoms with Gasteiger partial charge in [-0.05, 0) is 49.2 Å². The smallest absolute Gasteiger partial charge is 0.114 e. The quantitative estimate of drug-likeness (QED) is 0.790. The average molecular weight is 265 g/mol. The third-order valence-electron chi connectivity index (χ3n) is 3.68. The maximum absolute atomic E-state index is 5.61. The van der Waals surface area contributed by atoms with Crippen molar-refractivity contribution in [1.82, 2.24) is 9.38 Å². The van der Waals surface area contributed by atoms with Crippen molar-refractivity contribution >= 4 is 5.52 Å². The van der Waals surface area contributed by atoms with Crippen LogP contribution in [0, 0.1) is 13.8 Å². The number of rotatable bonds is 3. The summed E-state index contributed by atoms with van der Waals surface area (Å²) < 4.78 is 2.11. The van der Waals surface area contributed by atoms with Crippen LogP contribution in [0.4, 0.5) is 0 Å². The number of fused-ring (bicyclic) bond motifs is 1. The molecule has 3 aromatic rings. The molecule has 3 rings (SSSR count). The Balaban J connectivity index is 2.11. The zero-order valence-corrected chi connectivity index (χ0v) is 11.9. The van der Waals surface area contributed by atoms with E-state index in [1.807, 2.05) is 6.20 Å². The number of imidazole rings is 1. The number of nitrogens with zero attached hydrogens (tertiary/aromatic N) is 2. The van der Waals surface area contributed by atoms with Crippen LogP contribution < -0.4 is 5.73 Å². The minimum Gasteiger partial charge on any atom is -0.330 e. The van der Waals surface area contributed by atoms with E-state index >= 15 is 0 Å². The Morgan fingerprint density at radius 2 is 2.00 bits per heavy atom. The number of hydrogen-bond donors (Lipinski definition) is 1. The molecule has 0 bridgehead atoms. The highest BCUT2D eigenvalue weighted by Crippen LogP contribution is 2.26. The lowest BCUT2D eigenvalue weighted by Crippen LogP contribution is -2.06. The first kappa shape index (κ1) is 12.9. The molecule has 3 heteroatoms. The van der Waals surface area contributed by atoms with E-state index in [9.17, 15) is 0 Å². The Labute approximate surface area is 119 Å². The number of benzene rings is 1. The van der Waals surface area contributed by atoms with Crippen LogP contribution in [0.2, 0.25) is 0 Å². The van der Waals surface area contributed by atoms with E-state index < -0.39 is 0 Å². The zero-order valence-electron chi connectivity index (χ0n) is 11.9. The molecule has 0 spiro atoms. The molecular weight excluding hydrogens is 246 g/mol. The van der Waals surface area contributed by atoms with Crippen LogP contribution in [0.1, 0.15) is 17.0 Å². The summed E-state index contributed by atoms with van der Waals surface area (Å²) in [5.74, 6) is 1.02. The van der Waals surface area contributed by atoms with Crippen molar-refractivity contribution in [3.63, 3.8) is 0 Å². The highest BCUT2D eigenvalue weighted by atomic mass is 15.0. The van der Waals surface area contributed by atoms with E-state index in [1.54, 1.807) is 0 Å². The molecule has 0 aliphatic heterocycles. The van der Waals surface area contributed by atoms with Gasteiger partial charge in [0.1, 0.15) is 5.82 Å². The minimum absolute atomic E-state index is 0.623. The fourth-order valence-corrected chi connectivity index (χ4v) is 2.58. The summed E-state index contributed by atoms with van der Waals surface area (Å²) in [6, 6.07) is 10.9. The molecule has 20 heavy (non-hydrogen) atoms. The molecule has 2 aromatic heterocycles. The van der Waals surface area contributed by atoms with Crippen molar-refractivity contribution in [2.45, 2.75) is 20.3 Å². The van der Waals surface area contributed by atoms with Crippen molar-refractivity contribution in [3.05, 3.63) is 59.7 Å². The van der Waals surface area contributed by atoms with Gasteiger partial charge >= 0.3 is 0 Å². The third-order valence-corrected chi connectivity index (χ3v) is 3.68. The highest BCUT2D eigenvalue weighted by Gasteiger charge is 2.06. The van der Waals surface area contributed by atoms with E-state index in [1.165, 1.54) is 22.3 Å². The molecule has 2 heterocycles. The zero-order chi connectivity index (χ0) is 14.1. The number of nitrogens with two attached hydrogens (primary N) is 1. The summed E-state index contributed by atoms with van der Waals surface area (Å²) in [6.07, 6.45) is 4.81. The van der Waals surface area contributed by atoms with Crippen molar-refractivity contribution < 1.29 is 0 Å². The number of pyridine rings is 1. The maximum Gasteiger partial charge on any atom is 0.114 e. The summed E-state index contributed by atoms with van der Waals surface area (Å²) >= 11 is 0. The van der Waals surface area contributed by atoms with Crippen LogP contribution in [0.3, 0.4) is 0 Å². The normalized spacial score (nSPS) is 11.2. The van der Waals surface area contributed by atoms with Crippen LogP contribution in [0.25, 0.3) is 16.6 Å². The second kappa shape index (κ2) is 5.10. The fourth-order valence-electron chi connectivity index (χ4n) is 2.58. The van der Waals surface area contributed by atoms with Crippen LogP contribution in [-0.4, -0.2) is 15.9 Å². The summed E-state index contributed by atoms with van der Waals surface area (Å²) in [7, 11) is 0. The van der Waals surface area contributed by atoms with Gasteiger partial charge < -0.3 is 10.1 Å².